The van der Waals surface area contributed by atoms with Gasteiger partial charge in [-0.05, 0) is 19.8 Å². The molecule has 0 N–H and O–H groups in total. The number of hydrogen-bond donors (Lipinski definition) is 0. The number of urea groups is 1. The number of likely N-dealkylation sites (N-methyl/N-ethyl adjacent to an activating group) is 2. The summed E-state index contributed by atoms with van der Waals surface area (Å²) in [7, 11) is 3.60. The second-order valence-electron chi connectivity index (χ2n) is 6.38. The molecule has 2 fully saturated rings. The normalized spacial score (nSPS) is 32.2. The maximum Gasteiger partial charge on any atom is 0.371 e. The lowest BCUT2D eigenvalue weighted by Gasteiger charge is -2.51. The number of amides is 3. The van der Waals surface area contributed by atoms with E-state index in [0.717, 1.165) is 0 Å². The summed E-state index contributed by atoms with van der Waals surface area (Å²) in [5.41, 5.74) is 0. The number of imide groups is 1. The summed E-state index contributed by atoms with van der Waals surface area (Å²) in [5, 5.41) is 0. The van der Waals surface area contributed by atoms with Crippen LogP contribution in [0.15, 0.2) is 0 Å². The van der Waals surface area contributed by atoms with Crippen LogP contribution in [-0.2, 0) is 9.59 Å². The SMILES string of the molecule is CC(=O)CCCCN1C(=O)C2C3C([N+]#CN3C)[C@H]2N(C)C1=O. The summed E-state index contributed by atoms with van der Waals surface area (Å²) >= 11 is 0. The van der Waals surface area contributed by atoms with Crippen molar-refractivity contribution in [2.24, 2.45) is 5.92 Å². The van der Waals surface area contributed by atoms with Gasteiger partial charge in [0.25, 0.3) is 6.04 Å². The van der Waals surface area contributed by atoms with E-state index in [9.17, 15) is 14.4 Å². The smallest absolute Gasteiger partial charge is 0.318 e. The van der Waals surface area contributed by atoms with Gasteiger partial charge in [0.2, 0.25) is 5.91 Å². The van der Waals surface area contributed by atoms with E-state index in [4.69, 9.17) is 0 Å². The van der Waals surface area contributed by atoms with Gasteiger partial charge in [-0.15, -0.1) is 0 Å². The van der Waals surface area contributed by atoms with E-state index >= 15 is 0 Å². The van der Waals surface area contributed by atoms with Crippen LogP contribution in [0, 0.1) is 12.1 Å². The van der Waals surface area contributed by atoms with Crippen LogP contribution in [0.5, 0.6) is 0 Å². The van der Waals surface area contributed by atoms with E-state index in [1.54, 1.807) is 18.9 Å². The predicted molar refractivity (Wildman–Crippen MR) is 79.3 cm³/mol. The molecular formula is C15H21N4O3+. The fourth-order valence-corrected chi connectivity index (χ4v) is 3.73. The van der Waals surface area contributed by atoms with Crippen molar-refractivity contribution in [2.75, 3.05) is 20.6 Å². The molecule has 2 heterocycles. The molecule has 1 saturated carbocycles. The van der Waals surface area contributed by atoms with Crippen molar-refractivity contribution >= 4 is 17.7 Å². The maximum absolute atomic E-state index is 12.7. The first-order chi connectivity index (χ1) is 10.4. The van der Waals surface area contributed by atoms with Gasteiger partial charge >= 0.3 is 12.2 Å². The quantitative estimate of drug-likeness (QED) is 0.551. The van der Waals surface area contributed by atoms with Crippen molar-refractivity contribution in [3.05, 3.63) is 4.85 Å². The van der Waals surface area contributed by atoms with Gasteiger partial charge in [-0.1, -0.05) is 0 Å². The second kappa shape index (κ2) is 5.27. The van der Waals surface area contributed by atoms with Crippen LogP contribution in [-0.4, -0.2) is 71.2 Å². The summed E-state index contributed by atoms with van der Waals surface area (Å²) in [6.07, 6.45) is 4.74. The third-order valence-corrected chi connectivity index (χ3v) is 4.94. The van der Waals surface area contributed by atoms with Gasteiger partial charge in [0.1, 0.15) is 17.7 Å². The third-order valence-electron chi connectivity index (χ3n) is 4.94. The molecule has 0 aromatic rings. The molecule has 3 aliphatic rings. The Kier molecular flexibility index (Phi) is 3.55. The summed E-state index contributed by atoms with van der Waals surface area (Å²) < 4.78 is 0. The lowest BCUT2D eigenvalue weighted by atomic mass is 9.67. The van der Waals surface area contributed by atoms with E-state index in [1.807, 2.05) is 11.9 Å². The zero-order chi connectivity index (χ0) is 16.0. The minimum Gasteiger partial charge on any atom is -0.318 e. The summed E-state index contributed by atoms with van der Waals surface area (Å²) in [4.78, 5) is 45.2. The highest BCUT2D eigenvalue weighted by atomic mass is 16.2. The first kappa shape index (κ1) is 14.8. The van der Waals surface area contributed by atoms with Gasteiger partial charge in [0.05, 0.1) is 7.05 Å². The van der Waals surface area contributed by atoms with Gasteiger partial charge in [0.15, 0.2) is 6.04 Å². The number of unbranched alkanes of at least 4 members (excludes halogenated alkanes) is 1. The second-order valence-corrected chi connectivity index (χ2v) is 6.38. The van der Waals surface area contributed by atoms with Gasteiger partial charge in [-0.2, -0.15) is 4.85 Å². The van der Waals surface area contributed by atoms with Crippen molar-refractivity contribution in [1.82, 2.24) is 14.7 Å². The molecule has 1 aliphatic carbocycles. The molecule has 0 aromatic carbocycles. The molecule has 1 saturated heterocycles. The lowest BCUT2D eigenvalue weighted by molar-refractivity contribution is -0.149. The zero-order valence-corrected chi connectivity index (χ0v) is 13.2. The van der Waals surface area contributed by atoms with Crippen LogP contribution in [0.2, 0.25) is 0 Å². The Morgan fingerprint density at radius 1 is 1.23 bits per heavy atom. The van der Waals surface area contributed by atoms with E-state index < -0.39 is 0 Å². The first-order valence-corrected chi connectivity index (χ1v) is 7.69. The number of ketones is 1. The molecule has 0 bridgehead atoms. The highest BCUT2D eigenvalue weighted by molar-refractivity contribution is 6.00. The Labute approximate surface area is 129 Å². The van der Waals surface area contributed by atoms with Crippen LogP contribution >= 0.6 is 0 Å². The monoisotopic (exact) mass is 305 g/mol. The zero-order valence-electron chi connectivity index (χ0n) is 13.2. The number of Topliss-reactive ketones (excluding diaryl/α,β-unsaturated/α-hetero) is 1. The average molecular weight is 305 g/mol. The molecule has 4 atom stereocenters. The van der Waals surface area contributed by atoms with Crippen molar-refractivity contribution in [3.63, 3.8) is 0 Å². The number of fused-ring (bicyclic) bond motifs is 4. The molecule has 0 spiro atoms. The Hall–Kier alpha value is -2.10. The number of carbonyl (C=O) groups is 3. The molecule has 118 valence electrons. The number of rotatable bonds is 5. The summed E-state index contributed by atoms with van der Waals surface area (Å²) in [6, 6.07) is -0.409. The van der Waals surface area contributed by atoms with E-state index in [2.05, 4.69) is 11.0 Å². The molecule has 7 heteroatoms. The Morgan fingerprint density at radius 3 is 2.64 bits per heavy atom. The largest absolute Gasteiger partial charge is 0.371 e. The highest BCUT2D eigenvalue weighted by Gasteiger charge is 2.70. The molecule has 3 amide bonds. The van der Waals surface area contributed by atoms with Gasteiger partial charge in [-0.3, -0.25) is 9.69 Å². The number of carbonyl (C=O) groups excluding carboxylic acids is 3. The summed E-state index contributed by atoms with van der Waals surface area (Å²) in [6.45, 7) is 1.93. The van der Waals surface area contributed by atoms with Gasteiger partial charge < -0.3 is 9.69 Å². The van der Waals surface area contributed by atoms with E-state index in [1.165, 1.54) is 4.90 Å². The van der Waals surface area contributed by atoms with Crippen LogP contribution in [0.4, 0.5) is 4.79 Å². The van der Waals surface area contributed by atoms with Crippen molar-refractivity contribution in [1.29, 1.82) is 0 Å². The van der Waals surface area contributed by atoms with Crippen molar-refractivity contribution in [3.8, 4) is 6.19 Å². The van der Waals surface area contributed by atoms with Gasteiger partial charge in [-0.25, -0.2) is 9.69 Å². The molecule has 0 radical (unpaired) electrons. The van der Waals surface area contributed by atoms with Crippen molar-refractivity contribution in [2.45, 2.75) is 44.3 Å². The molecule has 3 rings (SSSR count). The Balaban J connectivity index is 1.67. The third kappa shape index (κ3) is 2.05. The van der Waals surface area contributed by atoms with Crippen LogP contribution < -0.4 is 0 Å². The topological polar surface area (TPSA) is 65.3 Å². The van der Waals surface area contributed by atoms with Gasteiger partial charge in [0, 0.05) is 20.0 Å². The van der Waals surface area contributed by atoms with Crippen molar-refractivity contribution < 1.29 is 14.4 Å². The Morgan fingerprint density at radius 2 is 1.95 bits per heavy atom. The first-order valence-electron chi connectivity index (χ1n) is 7.69. The molecule has 2 aliphatic heterocycles. The minimum absolute atomic E-state index is 0.0211. The van der Waals surface area contributed by atoms with Crippen LogP contribution in [0.3, 0.4) is 0 Å². The minimum atomic E-state index is -0.253. The van der Waals surface area contributed by atoms with Crippen LogP contribution in [0.1, 0.15) is 26.2 Å². The standard InChI is InChI=1S/C15H21N4O3/c1-9(20)6-4-5-7-19-14(21)10-12-11(16-8-17(12)2)13(10)18(3)15(19)22/h10-13H,4-7H2,1-3H3/q+1/t10?,11?,12?,13-/m0/s1. The molecule has 22 heavy (non-hydrogen) atoms. The fourth-order valence-electron chi connectivity index (χ4n) is 3.73. The van der Waals surface area contributed by atoms with E-state index in [-0.39, 0.29) is 41.8 Å². The Bertz CT molecular complexity index is 593. The number of nitrogens with zero attached hydrogens (tertiary/aromatic N) is 4. The number of hydrogen-bond acceptors (Lipinski definition) is 4. The van der Waals surface area contributed by atoms with E-state index in [0.29, 0.717) is 25.8 Å². The molecule has 3 unspecified atom stereocenters. The lowest BCUT2D eigenvalue weighted by Crippen LogP contribution is -2.76. The van der Waals surface area contributed by atoms with Crippen LogP contribution in [0.25, 0.3) is 4.85 Å². The molecule has 7 nitrogen and oxygen atoms in total. The molecular weight excluding hydrogens is 284 g/mol. The molecule has 0 aromatic heterocycles. The predicted octanol–water partition coefficient (Wildman–Crippen LogP) is 0.611. The fraction of sp³-hybridized carbons (Fsp3) is 0.733. The highest BCUT2D eigenvalue weighted by Crippen LogP contribution is 2.44. The average Bonchev–Trinajstić information content (AvgIpc) is 2.73. The maximum atomic E-state index is 12.7. The summed E-state index contributed by atoms with van der Waals surface area (Å²) in [5.74, 6) is -0.192.